The van der Waals surface area contributed by atoms with Gasteiger partial charge in [0.15, 0.2) is 6.29 Å². The van der Waals surface area contributed by atoms with Crippen LogP contribution in [0.2, 0.25) is 0 Å². The molecular weight excluding hydrogens is 572 g/mol. The summed E-state index contributed by atoms with van der Waals surface area (Å²) in [5, 5.41) is 28.2. The van der Waals surface area contributed by atoms with Crippen molar-refractivity contribution >= 4 is 41.8 Å². The lowest BCUT2D eigenvalue weighted by atomic mass is 10.1. The van der Waals surface area contributed by atoms with Gasteiger partial charge in [0.2, 0.25) is 0 Å². The number of nitrogens with zero attached hydrogens (tertiary/aromatic N) is 2. The second kappa shape index (κ2) is 17.8. The number of carbonyl (C=O) groups is 3. The van der Waals surface area contributed by atoms with E-state index in [0.29, 0.717) is 16.7 Å². The molecule has 1 unspecified atom stereocenters. The van der Waals surface area contributed by atoms with Crippen LogP contribution in [0.3, 0.4) is 0 Å². The average Bonchev–Trinajstić information content (AvgIpc) is 2.99. The average molecular weight is 603 g/mol. The Hall–Kier alpha value is -4.94. The van der Waals surface area contributed by atoms with Gasteiger partial charge in [0, 0.05) is 15.4 Å². The monoisotopic (exact) mass is 602 g/mol. The normalized spacial score (nSPS) is 11.8. The van der Waals surface area contributed by atoms with Crippen LogP contribution in [-0.4, -0.2) is 55.7 Å². The molecule has 0 radical (unpaired) electrons. The van der Waals surface area contributed by atoms with Gasteiger partial charge in [-0.2, -0.15) is 10.5 Å². The van der Waals surface area contributed by atoms with Gasteiger partial charge in [-0.15, -0.1) is 0 Å². The highest BCUT2D eigenvalue weighted by molar-refractivity contribution is 7.99. The van der Waals surface area contributed by atoms with Crippen molar-refractivity contribution < 1.29 is 38.4 Å². The third-order valence-electron chi connectivity index (χ3n) is 5.21. The number of rotatable bonds is 15. The van der Waals surface area contributed by atoms with Gasteiger partial charge in [-0.25, -0.2) is 14.4 Å². The molecule has 1 atom stereocenters. The Labute approximate surface area is 254 Å². The van der Waals surface area contributed by atoms with Crippen LogP contribution in [-0.2, 0) is 33.3 Å². The van der Waals surface area contributed by atoms with Crippen LogP contribution in [0.25, 0.3) is 12.2 Å². The summed E-state index contributed by atoms with van der Waals surface area (Å²) in [5.41, 5.74) is 1.49. The maximum atomic E-state index is 12.2. The highest BCUT2D eigenvalue weighted by Gasteiger charge is 2.13. The second-order valence-electron chi connectivity index (χ2n) is 8.84. The lowest BCUT2D eigenvalue weighted by Gasteiger charge is -2.11. The fourth-order valence-corrected chi connectivity index (χ4v) is 3.81. The van der Waals surface area contributed by atoms with Crippen LogP contribution < -0.4 is 0 Å². The molecule has 10 nitrogen and oxygen atoms in total. The molecule has 0 aliphatic heterocycles. The number of benzene rings is 2. The third kappa shape index (κ3) is 12.2. The predicted molar refractivity (Wildman–Crippen MR) is 159 cm³/mol. The van der Waals surface area contributed by atoms with E-state index in [2.05, 4.69) is 13.2 Å². The minimum absolute atomic E-state index is 0.0515. The maximum absolute atomic E-state index is 12.2. The zero-order valence-corrected chi connectivity index (χ0v) is 24.5. The van der Waals surface area contributed by atoms with Crippen molar-refractivity contribution in [3.8, 4) is 12.1 Å². The van der Waals surface area contributed by atoms with E-state index in [4.69, 9.17) is 18.9 Å². The molecule has 2 aromatic carbocycles. The molecule has 0 aliphatic rings. The number of aliphatic hydroxyl groups excluding tert-OH is 1. The Balaban J connectivity index is 1.92. The molecule has 0 heterocycles. The van der Waals surface area contributed by atoms with Crippen LogP contribution in [0.5, 0.6) is 0 Å². The largest absolute Gasteiger partial charge is 0.459 e. The smallest absolute Gasteiger partial charge is 0.349 e. The molecule has 2 rings (SSSR count). The summed E-state index contributed by atoms with van der Waals surface area (Å²) in [7, 11) is 0. The van der Waals surface area contributed by atoms with Gasteiger partial charge in [0.25, 0.3) is 0 Å². The maximum Gasteiger partial charge on any atom is 0.349 e. The molecule has 43 heavy (non-hydrogen) atoms. The van der Waals surface area contributed by atoms with E-state index in [9.17, 15) is 30.0 Å². The summed E-state index contributed by atoms with van der Waals surface area (Å²) in [4.78, 5) is 37.5. The van der Waals surface area contributed by atoms with Crippen molar-refractivity contribution in [1.29, 1.82) is 10.5 Å². The van der Waals surface area contributed by atoms with Gasteiger partial charge in [-0.3, -0.25) is 0 Å². The lowest BCUT2D eigenvalue weighted by molar-refractivity contribution is -0.147. The summed E-state index contributed by atoms with van der Waals surface area (Å²) < 4.78 is 19.9. The zero-order valence-electron chi connectivity index (χ0n) is 23.7. The molecule has 0 spiro atoms. The van der Waals surface area contributed by atoms with E-state index in [1.807, 2.05) is 36.4 Å². The summed E-state index contributed by atoms with van der Waals surface area (Å²) in [6.45, 7) is 9.57. The third-order valence-corrected chi connectivity index (χ3v) is 6.23. The van der Waals surface area contributed by atoms with Gasteiger partial charge < -0.3 is 24.1 Å². The van der Waals surface area contributed by atoms with Crippen molar-refractivity contribution in [3.63, 3.8) is 0 Å². The van der Waals surface area contributed by atoms with Crippen LogP contribution in [0.15, 0.2) is 93.8 Å². The van der Waals surface area contributed by atoms with Crippen molar-refractivity contribution in [2.24, 2.45) is 0 Å². The number of aliphatic hydroxyl groups is 1. The second-order valence-corrected chi connectivity index (χ2v) is 9.98. The van der Waals surface area contributed by atoms with E-state index >= 15 is 0 Å². The highest BCUT2D eigenvalue weighted by Crippen LogP contribution is 2.28. The zero-order chi connectivity index (χ0) is 31.8. The van der Waals surface area contributed by atoms with Gasteiger partial charge in [-0.1, -0.05) is 49.2 Å². The Morgan fingerprint density at radius 1 is 0.767 bits per heavy atom. The first-order valence-corrected chi connectivity index (χ1v) is 13.6. The molecular formula is C32H30N2O8S. The number of hydrogen-bond acceptors (Lipinski definition) is 11. The first-order chi connectivity index (χ1) is 20.5. The highest BCUT2D eigenvalue weighted by atomic mass is 32.2. The fraction of sp³-hybridized carbons (Fsp3) is 0.219. The van der Waals surface area contributed by atoms with E-state index < -0.39 is 24.2 Å². The van der Waals surface area contributed by atoms with E-state index in [0.717, 1.165) is 9.79 Å². The molecule has 2 aromatic rings. The van der Waals surface area contributed by atoms with Crippen LogP contribution in [0.4, 0.5) is 0 Å². The van der Waals surface area contributed by atoms with Crippen molar-refractivity contribution in [3.05, 3.63) is 95.1 Å². The quantitative estimate of drug-likeness (QED) is 0.0570. The number of carbonyl (C=O) groups excluding carboxylic acids is 3. The Morgan fingerprint density at radius 2 is 1.16 bits per heavy atom. The number of esters is 3. The molecule has 0 saturated heterocycles. The first-order valence-electron chi connectivity index (χ1n) is 12.8. The lowest BCUT2D eigenvalue weighted by Crippen LogP contribution is -2.18. The minimum Gasteiger partial charge on any atom is -0.459 e. The number of nitriles is 2. The molecule has 0 saturated carbocycles. The van der Waals surface area contributed by atoms with Gasteiger partial charge in [0.1, 0.15) is 43.1 Å². The number of hydrogen-bond donors (Lipinski definition) is 1. The molecule has 0 amide bonds. The molecule has 222 valence electrons. The Bertz CT molecular complexity index is 1480. The van der Waals surface area contributed by atoms with E-state index in [1.165, 1.54) is 30.8 Å². The number of ether oxygens (including phenoxy) is 4. The standard InChI is InChI=1S/C32H30N2O8S/c1-21(2)29(35)39-13-15-41-31(37)25(19-33)17-23-5-9-27(10-6-23)43-28-11-7-24(8-12-28)18-26(20-34)32(38)42-16-14-40-30(36)22(3)4/h5-12,17-18,29,35H,1,3,13-16H2,2,4H3/b25-17+,26-18+. The predicted octanol–water partition coefficient (Wildman–Crippen LogP) is 4.77. The van der Waals surface area contributed by atoms with Gasteiger partial charge >= 0.3 is 17.9 Å². The van der Waals surface area contributed by atoms with Crippen molar-refractivity contribution in [2.75, 3.05) is 26.4 Å². The Kier molecular flexibility index (Phi) is 14.2. The van der Waals surface area contributed by atoms with Crippen LogP contribution >= 0.6 is 11.8 Å². The van der Waals surface area contributed by atoms with Crippen LogP contribution in [0, 0.1) is 22.7 Å². The van der Waals surface area contributed by atoms with Crippen LogP contribution in [0.1, 0.15) is 25.0 Å². The molecule has 0 aliphatic carbocycles. The summed E-state index contributed by atoms with van der Waals surface area (Å²) >= 11 is 1.46. The topological polar surface area (TPSA) is 156 Å². The molecule has 1 N–H and O–H groups in total. The molecule has 11 heteroatoms. The van der Waals surface area contributed by atoms with E-state index in [-0.39, 0.29) is 43.1 Å². The van der Waals surface area contributed by atoms with Crippen molar-refractivity contribution in [1.82, 2.24) is 0 Å². The van der Waals surface area contributed by atoms with E-state index in [1.54, 1.807) is 31.2 Å². The van der Waals surface area contributed by atoms with Gasteiger partial charge in [-0.05, 0) is 67.0 Å². The molecule has 0 aromatic heterocycles. The summed E-state index contributed by atoms with van der Waals surface area (Å²) in [6, 6.07) is 17.9. The molecule has 0 bridgehead atoms. The van der Waals surface area contributed by atoms with Crippen molar-refractivity contribution in [2.45, 2.75) is 29.9 Å². The fourth-order valence-electron chi connectivity index (χ4n) is 2.99. The SMILES string of the molecule is C=C(C)C(=O)OCCOC(=O)/C(C#N)=C/c1ccc(Sc2ccc(/C=C(\C#N)C(=O)OCCOC(O)C(=C)C)cc2)cc1. The summed E-state index contributed by atoms with van der Waals surface area (Å²) in [6.07, 6.45) is 1.66. The minimum atomic E-state index is -1.15. The summed E-state index contributed by atoms with van der Waals surface area (Å²) in [5.74, 6) is -2.23. The van der Waals surface area contributed by atoms with Gasteiger partial charge in [0.05, 0.1) is 6.61 Å². The first kappa shape index (κ1) is 34.3. The Morgan fingerprint density at radius 3 is 1.53 bits per heavy atom. The molecule has 0 fully saturated rings.